The zero-order valence-corrected chi connectivity index (χ0v) is 17.7. The van der Waals surface area contributed by atoms with Crippen LogP contribution >= 0.6 is 0 Å². The van der Waals surface area contributed by atoms with Gasteiger partial charge in [-0.3, -0.25) is 0 Å². The Bertz CT molecular complexity index is 1460. The van der Waals surface area contributed by atoms with Gasteiger partial charge >= 0.3 is 0 Å². The number of fused-ring (bicyclic) bond motifs is 1. The molecule has 0 heterocycles. The molecule has 0 fully saturated rings. The lowest BCUT2D eigenvalue weighted by Crippen LogP contribution is -2.26. The van der Waals surface area contributed by atoms with Crippen LogP contribution in [0.5, 0.6) is 0 Å². The van der Waals surface area contributed by atoms with Crippen LogP contribution in [0.3, 0.4) is 0 Å². The lowest BCUT2D eigenvalue weighted by Gasteiger charge is -2.19. The summed E-state index contributed by atoms with van der Waals surface area (Å²) in [5, 5.41) is 2.13. The van der Waals surface area contributed by atoms with Gasteiger partial charge in [-0.2, -0.15) is 4.31 Å². The van der Waals surface area contributed by atoms with Crippen LogP contribution < -0.4 is 4.31 Å². The van der Waals surface area contributed by atoms with E-state index in [2.05, 4.69) is 17.9 Å². The smallest absolute Gasteiger partial charge is 0.200 e. The van der Waals surface area contributed by atoms with Crippen molar-refractivity contribution in [3.05, 3.63) is 108 Å². The average Bonchev–Trinajstić information content (AvgIpc) is 2.79. The van der Waals surface area contributed by atoms with Gasteiger partial charge in [-0.15, -0.1) is 0 Å². The third-order valence-corrected chi connectivity index (χ3v) is 6.57. The number of para-hydroxylation sites is 1. The molecule has 0 amide bonds. The fourth-order valence-electron chi connectivity index (χ4n) is 3.31. The molecule has 0 aliphatic rings. The lowest BCUT2D eigenvalue weighted by atomic mass is 10.0. The molecule has 0 spiro atoms. The average molecular weight is 422 g/mol. The first-order valence-electron chi connectivity index (χ1n) is 9.68. The van der Waals surface area contributed by atoms with E-state index in [0.29, 0.717) is 11.3 Å². The number of benzene rings is 4. The Hall–Kier alpha value is -3.99. The maximum absolute atomic E-state index is 13.2. The van der Waals surface area contributed by atoms with E-state index in [1.807, 2.05) is 55.5 Å². The molecule has 4 rings (SSSR count). The molecule has 0 aliphatic heterocycles. The quantitative estimate of drug-likeness (QED) is 0.331. The molecule has 0 unspecified atom stereocenters. The number of anilines is 1. The van der Waals surface area contributed by atoms with Crippen LogP contribution in [0.2, 0.25) is 0 Å². The Kier molecular flexibility index (Phi) is 5.50. The van der Waals surface area contributed by atoms with Crippen LogP contribution in [-0.2, 0) is 10.0 Å². The Labute approximate surface area is 183 Å². The molecule has 4 aromatic rings. The molecular weight excluding hydrogens is 402 g/mol. The van der Waals surface area contributed by atoms with Crippen molar-refractivity contribution in [3.8, 4) is 24.3 Å². The van der Waals surface area contributed by atoms with Crippen molar-refractivity contribution in [2.75, 3.05) is 4.31 Å². The van der Waals surface area contributed by atoms with Gasteiger partial charge in [0, 0.05) is 11.6 Å². The van der Waals surface area contributed by atoms with Crippen LogP contribution in [0.15, 0.2) is 95.9 Å². The van der Waals surface area contributed by atoms with Gasteiger partial charge in [0.15, 0.2) is 0 Å². The standard InChI is InChI=1S/C27H19NO2S/c1-3-28(31(29,30)25-19-15-21(2)16-20-25)27-14-7-5-10-24(27)18-17-23-12-8-11-22-9-4-6-13-26(22)23/h1,4-16,19-20H,2H3. The van der Waals surface area contributed by atoms with E-state index in [1.54, 1.807) is 42.5 Å². The molecule has 0 atom stereocenters. The van der Waals surface area contributed by atoms with Crippen LogP contribution in [0.25, 0.3) is 10.8 Å². The Morgan fingerprint density at radius 2 is 1.35 bits per heavy atom. The van der Waals surface area contributed by atoms with Gasteiger partial charge in [0.2, 0.25) is 0 Å². The van der Waals surface area contributed by atoms with Crippen molar-refractivity contribution in [2.24, 2.45) is 0 Å². The summed E-state index contributed by atoms with van der Waals surface area (Å²) in [4.78, 5) is 0.132. The lowest BCUT2D eigenvalue weighted by molar-refractivity contribution is 0.596. The largest absolute Gasteiger partial charge is 0.275 e. The van der Waals surface area contributed by atoms with Crippen LogP contribution in [0.4, 0.5) is 5.69 Å². The van der Waals surface area contributed by atoms with Crippen molar-refractivity contribution in [2.45, 2.75) is 11.8 Å². The van der Waals surface area contributed by atoms with Crippen LogP contribution in [0.1, 0.15) is 16.7 Å². The minimum atomic E-state index is -3.93. The van der Waals surface area contributed by atoms with E-state index in [9.17, 15) is 8.42 Å². The summed E-state index contributed by atoms with van der Waals surface area (Å²) < 4.78 is 27.4. The molecule has 3 nitrogen and oxygen atoms in total. The fourth-order valence-corrected chi connectivity index (χ4v) is 4.56. The highest BCUT2D eigenvalue weighted by molar-refractivity contribution is 7.93. The van der Waals surface area contributed by atoms with Crippen molar-refractivity contribution in [3.63, 3.8) is 0 Å². The molecule has 0 aliphatic carbocycles. The number of rotatable bonds is 3. The van der Waals surface area contributed by atoms with Crippen LogP contribution in [-0.4, -0.2) is 8.42 Å². The number of nitrogens with zero attached hydrogens (tertiary/aromatic N) is 1. The maximum atomic E-state index is 13.2. The normalized spacial score (nSPS) is 10.7. The predicted octanol–water partition coefficient (Wildman–Crippen LogP) is 5.33. The summed E-state index contributed by atoms with van der Waals surface area (Å²) in [5.41, 5.74) is 2.71. The van der Waals surface area contributed by atoms with E-state index in [-0.39, 0.29) is 4.90 Å². The first kappa shape index (κ1) is 20.3. The van der Waals surface area contributed by atoms with E-state index in [1.165, 1.54) is 0 Å². The van der Waals surface area contributed by atoms with Gasteiger partial charge in [-0.1, -0.05) is 84.5 Å². The molecule has 0 bridgehead atoms. The van der Waals surface area contributed by atoms with Crippen molar-refractivity contribution in [1.29, 1.82) is 0 Å². The summed E-state index contributed by atoms with van der Waals surface area (Å²) >= 11 is 0. The Balaban J connectivity index is 1.80. The molecule has 0 aromatic heterocycles. The number of aryl methyl sites for hydroxylation is 1. The number of hydrogen-bond acceptors (Lipinski definition) is 2. The summed E-state index contributed by atoms with van der Waals surface area (Å²) in [6, 6.07) is 29.8. The first-order chi connectivity index (χ1) is 15.0. The van der Waals surface area contributed by atoms with Gasteiger partial charge < -0.3 is 0 Å². The highest BCUT2D eigenvalue weighted by atomic mass is 32.2. The molecule has 0 saturated carbocycles. The van der Waals surface area contributed by atoms with E-state index < -0.39 is 10.0 Å². The second-order valence-electron chi connectivity index (χ2n) is 7.01. The number of hydrogen-bond donors (Lipinski definition) is 0. The zero-order valence-electron chi connectivity index (χ0n) is 16.9. The van der Waals surface area contributed by atoms with Gasteiger partial charge in [0.25, 0.3) is 10.0 Å². The first-order valence-corrected chi connectivity index (χ1v) is 11.1. The second-order valence-corrected chi connectivity index (χ2v) is 8.79. The number of sulfonamides is 1. The summed E-state index contributed by atoms with van der Waals surface area (Å²) in [7, 11) is -3.93. The number of terminal acetylenes is 1. The van der Waals surface area contributed by atoms with Crippen molar-refractivity contribution < 1.29 is 8.42 Å². The Morgan fingerprint density at radius 1 is 0.742 bits per heavy atom. The molecule has 31 heavy (non-hydrogen) atoms. The topological polar surface area (TPSA) is 37.4 Å². The van der Waals surface area contributed by atoms with E-state index in [0.717, 1.165) is 26.2 Å². The third kappa shape index (κ3) is 4.03. The molecule has 0 saturated heterocycles. The fraction of sp³-hybridized carbons (Fsp3) is 0.0370. The minimum absolute atomic E-state index is 0.132. The highest BCUT2D eigenvalue weighted by Gasteiger charge is 2.25. The van der Waals surface area contributed by atoms with Crippen molar-refractivity contribution >= 4 is 26.5 Å². The molecule has 0 N–H and O–H groups in total. The maximum Gasteiger partial charge on any atom is 0.275 e. The summed E-state index contributed by atoms with van der Waals surface area (Å²) in [5.74, 6) is 6.30. The van der Waals surface area contributed by atoms with Crippen LogP contribution in [0, 0.1) is 31.2 Å². The molecule has 150 valence electrons. The zero-order chi connectivity index (χ0) is 21.8. The minimum Gasteiger partial charge on any atom is -0.200 e. The predicted molar refractivity (Wildman–Crippen MR) is 126 cm³/mol. The van der Waals surface area contributed by atoms with E-state index >= 15 is 0 Å². The van der Waals surface area contributed by atoms with Crippen molar-refractivity contribution in [1.82, 2.24) is 0 Å². The second kappa shape index (κ2) is 8.40. The SMILES string of the molecule is C#CN(c1ccccc1C#Cc1cccc2ccccc12)S(=O)(=O)c1ccc(C)cc1. The Morgan fingerprint density at radius 3 is 2.13 bits per heavy atom. The molecule has 4 heteroatoms. The van der Waals surface area contributed by atoms with Gasteiger partial charge in [-0.25, -0.2) is 8.42 Å². The summed E-state index contributed by atoms with van der Waals surface area (Å²) in [6.07, 6.45) is 5.66. The van der Waals surface area contributed by atoms with Gasteiger partial charge in [0.05, 0.1) is 16.1 Å². The van der Waals surface area contributed by atoms with E-state index in [4.69, 9.17) is 6.42 Å². The summed E-state index contributed by atoms with van der Waals surface area (Å²) in [6.45, 7) is 1.90. The third-order valence-electron chi connectivity index (χ3n) is 4.92. The molecular formula is C27H19NO2S. The van der Waals surface area contributed by atoms with Gasteiger partial charge in [0.1, 0.15) is 0 Å². The van der Waals surface area contributed by atoms with Gasteiger partial charge in [-0.05, 0) is 48.0 Å². The highest BCUT2D eigenvalue weighted by Crippen LogP contribution is 2.26. The molecule has 4 aromatic carbocycles. The molecule has 0 radical (unpaired) electrons. The monoisotopic (exact) mass is 421 g/mol.